The summed E-state index contributed by atoms with van der Waals surface area (Å²) in [6, 6.07) is 2.97. The Morgan fingerprint density at radius 3 is 2.17 bits per heavy atom. The summed E-state index contributed by atoms with van der Waals surface area (Å²) in [5, 5.41) is 35.2. The minimum Gasteiger partial charge on any atom is -0.481 e. The van der Waals surface area contributed by atoms with Gasteiger partial charge in [-0.05, 0) is 37.6 Å². The lowest BCUT2D eigenvalue weighted by molar-refractivity contribution is -0.143. The highest BCUT2D eigenvalue weighted by atomic mass is 16.4. The van der Waals surface area contributed by atoms with Gasteiger partial charge >= 0.3 is 17.9 Å². The molecule has 0 aliphatic carbocycles. The second-order valence-corrected chi connectivity index (χ2v) is 10.6. The van der Waals surface area contributed by atoms with Gasteiger partial charge in [-0.2, -0.15) is 4.98 Å². The van der Waals surface area contributed by atoms with Crippen molar-refractivity contribution < 1.29 is 48.9 Å². The molecule has 1 unspecified atom stereocenters. The highest BCUT2D eigenvalue weighted by Gasteiger charge is 2.30. The van der Waals surface area contributed by atoms with E-state index in [-0.39, 0.29) is 35.6 Å². The molecule has 1 aromatic carbocycles. The van der Waals surface area contributed by atoms with E-state index in [0.29, 0.717) is 11.4 Å². The standard InChI is InChI=1S/C29H32N8O11/c1-13(38)20(10-22(42)43)35-26(45)15(9-21(40)41)8-18(39)6-7-19(28(47)48)34-25(44)14-2-4-16(5-3-14)31-11-17-12-32-24-23(33-17)27(46)37-29(30)36-24/h2-5,12,15,19-20,31H,6-11H2,1H3,(H,34,44)(H,35,45)(H,40,41)(H,42,43)(H,47,48)(H3,30,32,36,37,46)/t15?,19-,20-/m0/s1. The number of nitrogens with one attached hydrogen (secondary N) is 4. The number of aliphatic carboxylic acids is 3. The van der Waals surface area contributed by atoms with Crippen LogP contribution in [0.25, 0.3) is 11.2 Å². The van der Waals surface area contributed by atoms with Crippen molar-refractivity contribution >= 4 is 64.1 Å². The van der Waals surface area contributed by atoms with E-state index >= 15 is 0 Å². The fraction of sp³-hybridized carbons (Fsp3) is 0.345. The Morgan fingerprint density at radius 1 is 0.896 bits per heavy atom. The first kappa shape index (κ1) is 36.2. The predicted molar refractivity (Wildman–Crippen MR) is 164 cm³/mol. The molecule has 0 bridgehead atoms. The number of nitrogens with two attached hydrogens (primary N) is 1. The summed E-state index contributed by atoms with van der Waals surface area (Å²) >= 11 is 0. The van der Waals surface area contributed by atoms with E-state index in [1.165, 1.54) is 18.3 Å². The van der Waals surface area contributed by atoms with Crippen molar-refractivity contribution in [2.75, 3.05) is 11.1 Å². The number of hydrogen-bond donors (Lipinski definition) is 8. The van der Waals surface area contributed by atoms with Gasteiger partial charge < -0.3 is 37.0 Å². The molecule has 0 fully saturated rings. The van der Waals surface area contributed by atoms with Crippen LogP contribution in [0.5, 0.6) is 0 Å². The van der Waals surface area contributed by atoms with Crippen molar-refractivity contribution in [1.82, 2.24) is 30.6 Å². The number of aromatic amines is 1. The second kappa shape index (κ2) is 16.3. The number of H-pyrrole nitrogens is 1. The third-order valence-corrected chi connectivity index (χ3v) is 6.87. The van der Waals surface area contributed by atoms with Crippen LogP contribution in [0, 0.1) is 5.92 Å². The van der Waals surface area contributed by atoms with Crippen molar-refractivity contribution in [2.45, 2.75) is 57.7 Å². The maximum Gasteiger partial charge on any atom is 0.326 e. The summed E-state index contributed by atoms with van der Waals surface area (Å²) in [4.78, 5) is 110. The first-order valence-electron chi connectivity index (χ1n) is 14.3. The normalized spacial score (nSPS) is 12.7. The Bertz CT molecular complexity index is 1790. The van der Waals surface area contributed by atoms with Gasteiger partial charge in [0, 0.05) is 24.1 Å². The molecule has 0 saturated heterocycles. The van der Waals surface area contributed by atoms with Crippen molar-refractivity contribution in [1.29, 1.82) is 0 Å². The number of carbonyl (C=O) groups is 7. The Labute approximate surface area is 270 Å². The molecule has 254 valence electrons. The molecule has 2 aromatic heterocycles. The molecule has 0 aliphatic heterocycles. The van der Waals surface area contributed by atoms with Gasteiger partial charge in [0.05, 0.1) is 43.2 Å². The smallest absolute Gasteiger partial charge is 0.326 e. The van der Waals surface area contributed by atoms with Crippen LogP contribution in [0.4, 0.5) is 11.6 Å². The number of carbonyl (C=O) groups excluding carboxylic acids is 4. The summed E-state index contributed by atoms with van der Waals surface area (Å²) in [6.07, 6.45) is -1.59. The van der Waals surface area contributed by atoms with Crippen LogP contribution < -0.4 is 27.2 Å². The summed E-state index contributed by atoms with van der Waals surface area (Å²) in [5.41, 5.74) is 6.10. The number of carboxylic acid groups (broad SMARTS) is 3. The Hall–Kier alpha value is -6.27. The highest BCUT2D eigenvalue weighted by molar-refractivity contribution is 5.97. The third kappa shape index (κ3) is 10.7. The maximum absolute atomic E-state index is 12.8. The number of Topliss-reactive ketones (excluding diaryl/α,β-unsaturated/α-hetero) is 2. The highest BCUT2D eigenvalue weighted by Crippen LogP contribution is 2.16. The monoisotopic (exact) mass is 668 g/mol. The van der Waals surface area contributed by atoms with Crippen molar-refractivity contribution in [2.24, 2.45) is 5.92 Å². The number of carboxylic acids is 3. The average molecular weight is 669 g/mol. The number of rotatable bonds is 18. The third-order valence-electron chi connectivity index (χ3n) is 6.87. The number of fused-ring (bicyclic) bond motifs is 1. The Morgan fingerprint density at radius 2 is 1.56 bits per heavy atom. The first-order chi connectivity index (χ1) is 22.6. The van der Waals surface area contributed by atoms with Crippen LogP contribution in [-0.2, 0) is 35.3 Å². The number of amides is 2. The summed E-state index contributed by atoms with van der Waals surface area (Å²) in [7, 11) is 0. The van der Waals surface area contributed by atoms with Crippen molar-refractivity contribution in [3.8, 4) is 0 Å². The molecule has 3 aromatic rings. The lowest BCUT2D eigenvalue weighted by Crippen LogP contribution is -2.45. The van der Waals surface area contributed by atoms with E-state index in [1.54, 1.807) is 12.1 Å². The summed E-state index contributed by atoms with van der Waals surface area (Å²) < 4.78 is 0. The van der Waals surface area contributed by atoms with Gasteiger partial charge in [0.2, 0.25) is 11.9 Å². The largest absolute Gasteiger partial charge is 0.481 e. The van der Waals surface area contributed by atoms with Gasteiger partial charge in [-0.1, -0.05) is 0 Å². The zero-order chi connectivity index (χ0) is 35.5. The van der Waals surface area contributed by atoms with Crippen LogP contribution in [0.1, 0.15) is 55.1 Å². The van der Waals surface area contributed by atoms with Crippen LogP contribution >= 0.6 is 0 Å². The Kier molecular flexibility index (Phi) is 12.3. The summed E-state index contributed by atoms with van der Waals surface area (Å²) in [6.45, 7) is 1.20. The molecule has 48 heavy (non-hydrogen) atoms. The number of benzene rings is 1. The van der Waals surface area contributed by atoms with E-state index in [0.717, 1.165) is 6.92 Å². The topological polar surface area (TPSA) is 314 Å². The van der Waals surface area contributed by atoms with Crippen LogP contribution in [0.2, 0.25) is 0 Å². The van der Waals surface area contributed by atoms with Crippen LogP contribution in [0.15, 0.2) is 35.3 Å². The molecular weight excluding hydrogens is 636 g/mol. The molecule has 9 N–H and O–H groups in total. The number of anilines is 2. The number of hydrogen-bond acceptors (Lipinski definition) is 13. The minimum absolute atomic E-state index is 0.00608. The van der Waals surface area contributed by atoms with Gasteiger partial charge in [-0.3, -0.25) is 38.5 Å². The first-order valence-corrected chi connectivity index (χ1v) is 14.3. The van der Waals surface area contributed by atoms with Crippen molar-refractivity contribution in [3.63, 3.8) is 0 Å². The molecular formula is C29H32N8O11. The molecule has 3 atom stereocenters. The number of aromatic nitrogens is 4. The molecule has 0 aliphatic rings. The summed E-state index contributed by atoms with van der Waals surface area (Å²) in [5.74, 6) is -8.95. The quantitative estimate of drug-likeness (QED) is 0.0844. The fourth-order valence-electron chi connectivity index (χ4n) is 4.40. The molecule has 19 heteroatoms. The van der Waals surface area contributed by atoms with E-state index in [1.807, 2.05) is 0 Å². The molecule has 3 rings (SSSR count). The van der Waals surface area contributed by atoms with Gasteiger partial charge in [0.1, 0.15) is 11.8 Å². The minimum atomic E-state index is -1.51. The number of ketones is 2. The van der Waals surface area contributed by atoms with E-state index < -0.39 is 90.5 Å². The molecule has 0 saturated carbocycles. The zero-order valence-corrected chi connectivity index (χ0v) is 25.4. The molecule has 2 amide bonds. The second-order valence-electron chi connectivity index (χ2n) is 10.6. The molecule has 2 heterocycles. The maximum atomic E-state index is 12.8. The van der Waals surface area contributed by atoms with Gasteiger partial charge in [-0.15, -0.1) is 0 Å². The average Bonchev–Trinajstić information content (AvgIpc) is 3.00. The van der Waals surface area contributed by atoms with E-state index in [4.69, 9.17) is 10.8 Å². The lowest BCUT2D eigenvalue weighted by atomic mass is 9.94. The zero-order valence-electron chi connectivity index (χ0n) is 25.4. The molecule has 0 spiro atoms. The van der Waals surface area contributed by atoms with Crippen LogP contribution in [0.3, 0.4) is 0 Å². The lowest BCUT2D eigenvalue weighted by Gasteiger charge is -2.19. The molecule has 0 radical (unpaired) electrons. The fourth-order valence-corrected chi connectivity index (χ4v) is 4.40. The number of nitrogen functional groups attached to an aromatic ring is 1. The van der Waals surface area contributed by atoms with E-state index in [2.05, 4.69) is 35.9 Å². The Balaban J connectivity index is 1.56. The van der Waals surface area contributed by atoms with Gasteiger partial charge in [0.25, 0.3) is 11.5 Å². The number of nitrogens with zero attached hydrogens (tertiary/aromatic N) is 3. The van der Waals surface area contributed by atoms with Crippen molar-refractivity contribution in [3.05, 3.63) is 52.1 Å². The molecule has 19 nitrogen and oxygen atoms in total. The SMILES string of the molecule is CC(=O)[C@H](CC(=O)O)NC(=O)C(CC(=O)O)CC(=O)CC[C@H](NC(=O)c1ccc(NCc2cnc3nc(N)[nH]c(=O)c3n2)cc1)C(=O)O. The van der Waals surface area contributed by atoms with Gasteiger partial charge in [-0.25, -0.2) is 14.8 Å². The van der Waals surface area contributed by atoms with Crippen LogP contribution in [-0.4, -0.2) is 88.6 Å². The van der Waals surface area contributed by atoms with E-state index in [9.17, 15) is 48.6 Å². The predicted octanol–water partition coefficient (Wildman–Crippen LogP) is -0.531. The van der Waals surface area contributed by atoms with Gasteiger partial charge in [0.15, 0.2) is 16.9 Å².